The van der Waals surface area contributed by atoms with Gasteiger partial charge in [-0.05, 0) is 41.3 Å². The third-order valence-corrected chi connectivity index (χ3v) is 9.74. The average Bonchev–Trinajstić information content (AvgIpc) is 3.39. The highest BCUT2D eigenvalue weighted by Gasteiger charge is 2.83. The van der Waals surface area contributed by atoms with E-state index in [0.717, 1.165) is 0 Å². The summed E-state index contributed by atoms with van der Waals surface area (Å²) in [6.07, 6.45) is -7.16. The lowest BCUT2D eigenvalue weighted by molar-refractivity contribution is -0.382. The molecule has 41 heavy (non-hydrogen) atoms. The van der Waals surface area contributed by atoms with Crippen LogP contribution in [-0.4, -0.2) is 36.2 Å². The van der Waals surface area contributed by atoms with E-state index in [4.69, 9.17) is 0 Å². The summed E-state index contributed by atoms with van der Waals surface area (Å²) in [7, 11) is -7.49. The lowest BCUT2D eigenvalue weighted by atomic mass is 10.1. The van der Waals surface area contributed by atoms with E-state index in [1.165, 1.54) is 25.1 Å². The summed E-state index contributed by atoms with van der Waals surface area (Å²) in [5, 5.41) is -4.90. The van der Waals surface area contributed by atoms with Gasteiger partial charge in [0.1, 0.15) is 10.9 Å². The number of rotatable bonds is 7. The van der Waals surface area contributed by atoms with Crippen LogP contribution in [-0.2, 0) is 21.0 Å². The van der Waals surface area contributed by atoms with Crippen LogP contribution in [0.4, 0.5) is 39.5 Å². The fourth-order valence-electron chi connectivity index (χ4n) is 3.27. The molecule has 0 aliphatic rings. The second kappa shape index (κ2) is 12.1. The Morgan fingerprint density at radius 1 is 0.610 bits per heavy atom. The summed E-state index contributed by atoms with van der Waals surface area (Å²) in [5.74, 6) is -14.8. The van der Waals surface area contributed by atoms with Gasteiger partial charge in [-0.15, -0.1) is 0 Å². The van der Waals surface area contributed by atoms with E-state index >= 15 is 0 Å². The van der Waals surface area contributed by atoms with Gasteiger partial charge in [0.15, 0.2) is 19.9 Å². The molecule has 0 radical (unpaired) electrons. The van der Waals surface area contributed by atoms with Crippen molar-refractivity contribution in [3.8, 4) is 11.1 Å². The van der Waals surface area contributed by atoms with Crippen LogP contribution in [0.1, 0.15) is 0 Å². The van der Waals surface area contributed by atoms with Gasteiger partial charge in [0, 0.05) is 5.56 Å². The molecule has 0 atom stereocenters. The molecule has 0 aliphatic carbocycles. The minimum Gasteiger partial charge on any atom is -0.743 e. The number of hydrogen-bond donors (Lipinski definition) is 0. The molecule has 0 saturated carbocycles. The summed E-state index contributed by atoms with van der Waals surface area (Å²) in [4.78, 5) is 2.73. The maximum absolute atomic E-state index is 12.2. The molecular weight excluding hydrogens is 627 g/mol. The van der Waals surface area contributed by atoms with Crippen LogP contribution in [0.15, 0.2) is 116 Å². The minimum atomic E-state index is -7.43. The number of alkyl halides is 9. The Hall–Kier alpha value is -3.01. The molecule has 3 aromatic carbocycles. The van der Waals surface area contributed by atoms with Gasteiger partial charge in [-0.25, -0.2) is 8.42 Å². The molecule has 4 rings (SSSR count). The SMILES string of the molecule is O=S(=O)([O-])C(F)(F)C(F)(F)C(F)(F)C(F)(F)F.c1ccc(-c2ccsc2[S+](c2ccccc2)c2ccccc2)cc1. The zero-order valence-corrected chi connectivity index (χ0v) is 22.6. The molecule has 0 aliphatic heterocycles. The fourth-order valence-corrected chi connectivity index (χ4v) is 7.44. The van der Waals surface area contributed by atoms with E-state index < -0.39 is 33.4 Å². The van der Waals surface area contributed by atoms with E-state index in [1.54, 1.807) is 0 Å². The largest absolute Gasteiger partial charge is 0.743 e. The molecule has 3 nitrogen and oxygen atoms in total. The number of thiophene rings is 1. The smallest absolute Gasteiger partial charge is 0.460 e. The molecule has 0 amide bonds. The zero-order chi connectivity index (χ0) is 30.7. The second-order valence-corrected chi connectivity index (χ2v) is 12.6. The average molecular weight is 645 g/mol. The molecule has 0 unspecified atom stereocenters. The first-order valence-corrected chi connectivity index (χ1v) is 14.6. The molecule has 0 saturated heterocycles. The van der Waals surface area contributed by atoms with Gasteiger partial charge in [-0.2, -0.15) is 39.5 Å². The molecule has 0 bridgehead atoms. The lowest BCUT2D eigenvalue weighted by Gasteiger charge is -2.34. The molecule has 15 heteroatoms. The van der Waals surface area contributed by atoms with Crippen molar-refractivity contribution in [1.82, 2.24) is 0 Å². The van der Waals surface area contributed by atoms with Crippen molar-refractivity contribution in [2.75, 3.05) is 0 Å². The molecule has 220 valence electrons. The van der Waals surface area contributed by atoms with Crippen LogP contribution >= 0.6 is 11.3 Å². The van der Waals surface area contributed by atoms with Crippen molar-refractivity contribution >= 4 is 32.3 Å². The summed E-state index contributed by atoms with van der Waals surface area (Å²) in [6, 6.07) is 34.6. The van der Waals surface area contributed by atoms with Crippen molar-refractivity contribution in [2.45, 2.75) is 37.3 Å². The second-order valence-electron chi connectivity index (χ2n) is 8.04. The molecule has 1 heterocycles. The molecule has 4 aromatic rings. The maximum atomic E-state index is 12.2. The molecule has 1 aromatic heterocycles. The van der Waals surface area contributed by atoms with E-state index in [2.05, 4.69) is 102 Å². The van der Waals surface area contributed by atoms with Crippen LogP contribution in [0.3, 0.4) is 0 Å². The van der Waals surface area contributed by atoms with E-state index in [0.29, 0.717) is 0 Å². The minimum absolute atomic E-state index is 0.0770. The first-order valence-electron chi connectivity index (χ1n) is 11.1. The zero-order valence-electron chi connectivity index (χ0n) is 20.2. The molecular formula is C26H17F9O3S3. The van der Waals surface area contributed by atoms with Crippen molar-refractivity contribution in [2.24, 2.45) is 0 Å². The Kier molecular flexibility index (Phi) is 9.57. The van der Waals surface area contributed by atoms with Gasteiger partial charge in [0.05, 0.1) is 0 Å². The Bertz CT molecular complexity index is 1490. The first kappa shape index (κ1) is 32.5. The summed E-state index contributed by atoms with van der Waals surface area (Å²) in [5.41, 5.74) is 2.63. The normalized spacial score (nSPS) is 13.0. The number of hydrogen-bond acceptors (Lipinski definition) is 4. The standard InChI is InChI=1S/C22H17S2.C4HF9O3S/c1-4-10-18(11-5-1)21-16-17-23-22(21)24(19-12-6-2-7-13-19)20-14-8-3-9-15-20;5-1(6,3(9,10)11)2(7,8)4(12,13)17(14,15)16/h1-17H;(H,14,15,16)/q+1;/p-1. The topological polar surface area (TPSA) is 57.2 Å². The monoisotopic (exact) mass is 644 g/mol. The van der Waals surface area contributed by atoms with Gasteiger partial charge >= 0.3 is 23.3 Å². The van der Waals surface area contributed by atoms with Crippen molar-refractivity contribution in [3.63, 3.8) is 0 Å². The van der Waals surface area contributed by atoms with Gasteiger partial charge in [-0.1, -0.05) is 78.1 Å². The number of benzene rings is 3. The Morgan fingerprint density at radius 3 is 1.41 bits per heavy atom. The van der Waals surface area contributed by atoms with E-state index in [9.17, 15) is 52.5 Å². The molecule has 0 N–H and O–H groups in total. The summed E-state index contributed by atoms with van der Waals surface area (Å²) >= 11 is 1.85. The van der Waals surface area contributed by atoms with Crippen LogP contribution in [0.2, 0.25) is 0 Å². The lowest BCUT2D eigenvalue weighted by Crippen LogP contribution is -2.63. The van der Waals surface area contributed by atoms with Gasteiger partial charge in [-0.3, -0.25) is 0 Å². The summed E-state index contributed by atoms with van der Waals surface area (Å²) in [6.45, 7) is 0. The third-order valence-electron chi connectivity index (χ3n) is 5.29. The summed E-state index contributed by atoms with van der Waals surface area (Å²) < 4.78 is 137. The van der Waals surface area contributed by atoms with Crippen molar-refractivity contribution in [1.29, 1.82) is 0 Å². The van der Waals surface area contributed by atoms with Crippen molar-refractivity contribution in [3.05, 3.63) is 102 Å². The van der Waals surface area contributed by atoms with Gasteiger partial charge < -0.3 is 4.55 Å². The quantitative estimate of drug-likeness (QED) is 0.115. The van der Waals surface area contributed by atoms with Crippen molar-refractivity contribution < 1.29 is 52.5 Å². The van der Waals surface area contributed by atoms with E-state index in [1.807, 2.05) is 11.3 Å². The molecule has 0 fully saturated rings. The fraction of sp³-hybridized carbons (Fsp3) is 0.154. The van der Waals surface area contributed by atoms with Crippen LogP contribution in [0, 0.1) is 0 Å². The third kappa shape index (κ3) is 6.58. The highest BCUT2D eigenvalue weighted by molar-refractivity contribution is 7.99. The van der Waals surface area contributed by atoms with E-state index in [-0.39, 0.29) is 10.9 Å². The number of halogens is 9. The van der Waals surface area contributed by atoms with Crippen LogP contribution in [0.5, 0.6) is 0 Å². The predicted octanol–water partition coefficient (Wildman–Crippen LogP) is 8.47. The Morgan fingerprint density at radius 2 is 1.02 bits per heavy atom. The highest BCUT2D eigenvalue weighted by Crippen LogP contribution is 2.54. The Labute approximate surface area is 235 Å². The van der Waals surface area contributed by atoms with Crippen LogP contribution in [0.25, 0.3) is 11.1 Å². The van der Waals surface area contributed by atoms with Gasteiger partial charge in [0.25, 0.3) is 0 Å². The molecule has 0 spiro atoms. The maximum Gasteiger partial charge on any atom is 0.460 e. The highest BCUT2D eigenvalue weighted by atomic mass is 32.2. The Balaban J connectivity index is 0.000000242. The predicted molar refractivity (Wildman–Crippen MR) is 135 cm³/mol. The first-order chi connectivity index (χ1) is 18.9. The van der Waals surface area contributed by atoms with Crippen LogP contribution < -0.4 is 0 Å². The van der Waals surface area contributed by atoms with Gasteiger partial charge in [0.2, 0.25) is 4.21 Å².